The summed E-state index contributed by atoms with van der Waals surface area (Å²) in [6, 6.07) is 8.17. The highest BCUT2D eigenvalue weighted by Crippen LogP contribution is 2.19. The minimum atomic E-state index is -0.919. The number of halogens is 3. The highest BCUT2D eigenvalue weighted by Gasteiger charge is 2.19. The zero-order chi connectivity index (χ0) is 17.7. The number of carbonyl (C=O) groups is 1. The smallest absolute Gasteiger partial charge is 0.254 e. The molecule has 2 rings (SSSR count). The van der Waals surface area contributed by atoms with Crippen LogP contribution in [-0.4, -0.2) is 31.4 Å². The van der Waals surface area contributed by atoms with Crippen LogP contribution in [0.1, 0.15) is 28.4 Å². The molecule has 1 unspecified atom stereocenters. The summed E-state index contributed by atoms with van der Waals surface area (Å²) in [5.74, 6) is -2.67. The maximum absolute atomic E-state index is 13.8. The van der Waals surface area contributed by atoms with Crippen molar-refractivity contribution in [2.45, 2.75) is 12.5 Å². The number of rotatable bonds is 6. The van der Waals surface area contributed by atoms with Gasteiger partial charge < -0.3 is 10.2 Å². The molecule has 0 bridgehead atoms. The largest absolute Gasteiger partial charge is 0.345 e. The van der Waals surface area contributed by atoms with Crippen LogP contribution in [0.3, 0.4) is 0 Å². The van der Waals surface area contributed by atoms with Gasteiger partial charge in [-0.3, -0.25) is 4.79 Å². The van der Waals surface area contributed by atoms with E-state index in [0.717, 1.165) is 12.1 Å². The summed E-state index contributed by atoms with van der Waals surface area (Å²) in [6.45, 7) is 0.675. The van der Waals surface area contributed by atoms with Gasteiger partial charge in [-0.15, -0.1) is 0 Å². The van der Waals surface area contributed by atoms with Gasteiger partial charge in [0.1, 0.15) is 17.5 Å². The first kappa shape index (κ1) is 18.0. The maximum atomic E-state index is 13.8. The molecule has 0 aromatic heterocycles. The minimum absolute atomic E-state index is 0.228. The Morgan fingerprint density at radius 3 is 2.25 bits per heavy atom. The van der Waals surface area contributed by atoms with E-state index in [4.69, 9.17) is 0 Å². The summed E-state index contributed by atoms with van der Waals surface area (Å²) in [6.07, 6.45) is 0.563. The van der Waals surface area contributed by atoms with Gasteiger partial charge in [-0.05, 0) is 56.9 Å². The molecule has 0 aliphatic rings. The number of nitrogens with one attached hydrogen (secondary N) is 1. The van der Waals surface area contributed by atoms with Crippen LogP contribution < -0.4 is 5.32 Å². The molecule has 0 saturated heterocycles. The molecule has 0 aliphatic carbocycles. The third-order valence-corrected chi connectivity index (χ3v) is 3.62. The Balaban J connectivity index is 2.20. The van der Waals surface area contributed by atoms with Gasteiger partial charge in [-0.2, -0.15) is 0 Å². The van der Waals surface area contributed by atoms with Crippen molar-refractivity contribution in [2.75, 3.05) is 20.6 Å². The highest BCUT2D eigenvalue weighted by atomic mass is 19.1. The van der Waals surface area contributed by atoms with E-state index in [0.29, 0.717) is 24.6 Å². The van der Waals surface area contributed by atoms with Gasteiger partial charge in [0.15, 0.2) is 0 Å². The lowest BCUT2D eigenvalue weighted by atomic mass is 10.0. The van der Waals surface area contributed by atoms with Crippen molar-refractivity contribution in [3.05, 3.63) is 71.0 Å². The standard InChI is InChI=1S/C18H19F3N2O/c1-23(2)10-9-17(12-3-5-13(19)6-4-12)22-18(24)15-8-7-14(20)11-16(15)21/h3-8,11,17H,9-10H2,1-2H3,(H,22,24). The van der Waals surface area contributed by atoms with Crippen LogP contribution in [0.25, 0.3) is 0 Å². The van der Waals surface area contributed by atoms with Crippen LogP contribution in [0.4, 0.5) is 13.2 Å². The molecule has 0 aliphatic heterocycles. The molecule has 6 heteroatoms. The summed E-state index contributed by atoms with van der Waals surface area (Å²) in [5, 5.41) is 2.73. The normalized spacial score (nSPS) is 12.2. The fourth-order valence-corrected chi connectivity index (χ4v) is 2.31. The number of benzene rings is 2. The molecule has 0 spiro atoms. The second-order valence-corrected chi connectivity index (χ2v) is 5.79. The first-order chi connectivity index (χ1) is 11.4. The highest BCUT2D eigenvalue weighted by molar-refractivity contribution is 5.94. The van der Waals surface area contributed by atoms with Crippen molar-refractivity contribution in [1.82, 2.24) is 10.2 Å². The monoisotopic (exact) mass is 336 g/mol. The summed E-state index contributed by atoms with van der Waals surface area (Å²) < 4.78 is 39.8. The molecule has 1 amide bonds. The molecular weight excluding hydrogens is 317 g/mol. The average molecular weight is 336 g/mol. The predicted molar refractivity (Wildman–Crippen MR) is 86.1 cm³/mol. The molecule has 2 aromatic rings. The second kappa shape index (κ2) is 7.97. The third kappa shape index (κ3) is 4.83. The van der Waals surface area contributed by atoms with Crippen molar-refractivity contribution in [3.63, 3.8) is 0 Å². The molecule has 3 nitrogen and oxygen atoms in total. The van der Waals surface area contributed by atoms with E-state index in [1.165, 1.54) is 12.1 Å². The van der Waals surface area contributed by atoms with E-state index >= 15 is 0 Å². The fraction of sp³-hybridized carbons (Fsp3) is 0.278. The van der Waals surface area contributed by atoms with Crippen LogP contribution >= 0.6 is 0 Å². The van der Waals surface area contributed by atoms with Gasteiger partial charge in [0.05, 0.1) is 11.6 Å². The Morgan fingerprint density at radius 1 is 1.04 bits per heavy atom. The van der Waals surface area contributed by atoms with Crippen molar-refractivity contribution in [1.29, 1.82) is 0 Å². The van der Waals surface area contributed by atoms with Crippen LogP contribution in [0.15, 0.2) is 42.5 Å². The summed E-state index contributed by atoms with van der Waals surface area (Å²) in [5.41, 5.74) is 0.488. The topological polar surface area (TPSA) is 32.3 Å². The van der Waals surface area contributed by atoms with Crippen LogP contribution in [-0.2, 0) is 0 Å². The number of nitrogens with zero attached hydrogens (tertiary/aromatic N) is 1. The fourth-order valence-electron chi connectivity index (χ4n) is 2.31. The van der Waals surface area contributed by atoms with Gasteiger partial charge >= 0.3 is 0 Å². The summed E-state index contributed by atoms with van der Waals surface area (Å²) in [4.78, 5) is 14.3. The quantitative estimate of drug-likeness (QED) is 0.875. The van der Waals surface area contributed by atoms with E-state index in [2.05, 4.69) is 5.32 Å². The number of hydrogen-bond donors (Lipinski definition) is 1. The Hall–Kier alpha value is -2.34. The Morgan fingerprint density at radius 2 is 1.67 bits per heavy atom. The number of amides is 1. The molecule has 0 saturated carbocycles. The third-order valence-electron chi connectivity index (χ3n) is 3.62. The molecule has 0 fully saturated rings. The first-order valence-corrected chi connectivity index (χ1v) is 7.53. The Kier molecular flexibility index (Phi) is 5.98. The van der Waals surface area contributed by atoms with Gasteiger partial charge in [0.25, 0.3) is 5.91 Å². The minimum Gasteiger partial charge on any atom is -0.345 e. The molecule has 24 heavy (non-hydrogen) atoms. The van der Waals surface area contributed by atoms with Gasteiger partial charge in [0.2, 0.25) is 0 Å². The van der Waals surface area contributed by atoms with Crippen molar-refractivity contribution < 1.29 is 18.0 Å². The Bertz CT molecular complexity index is 702. The number of hydrogen-bond acceptors (Lipinski definition) is 2. The molecule has 0 radical (unpaired) electrons. The van der Waals surface area contributed by atoms with Crippen molar-refractivity contribution in [3.8, 4) is 0 Å². The first-order valence-electron chi connectivity index (χ1n) is 7.53. The summed E-state index contributed by atoms with van der Waals surface area (Å²) in [7, 11) is 3.78. The molecule has 1 N–H and O–H groups in total. The van der Waals surface area contributed by atoms with Crippen LogP contribution in [0.5, 0.6) is 0 Å². The lowest BCUT2D eigenvalue weighted by Crippen LogP contribution is -2.31. The molecule has 0 heterocycles. The number of carbonyl (C=O) groups excluding carboxylic acids is 1. The van der Waals surface area contributed by atoms with E-state index in [-0.39, 0.29) is 11.4 Å². The van der Waals surface area contributed by atoms with Crippen molar-refractivity contribution in [2.24, 2.45) is 0 Å². The average Bonchev–Trinajstić information content (AvgIpc) is 2.52. The lowest BCUT2D eigenvalue weighted by Gasteiger charge is -2.21. The molecule has 2 aromatic carbocycles. The zero-order valence-corrected chi connectivity index (χ0v) is 13.5. The van der Waals surface area contributed by atoms with Crippen LogP contribution in [0, 0.1) is 17.5 Å². The van der Waals surface area contributed by atoms with Gasteiger partial charge in [0, 0.05) is 6.07 Å². The summed E-state index contributed by atoms with van der Waals surface area (Å²) >= 11 is 0. The second-order valence-electron chi connectivity index (χ2n) is 5.79. The maximum Gasteiger partial charge on any atom is 0.254 e. The van der Waals surface area contributed by atoms with Gasteiger partial charge in [-0.1, -0.05) is 12.1 Å². The molecule has 1 atom stereocenters. The zero-order valence-electron chi connectivity index (χ0n) is 13.5. The van der Waals surface area contributed by atoms with Gasteiger partial charge in [-0.25, -0.2) is 13.2 Å². The predicted octanol–water partition coefficient (Wildman–Crippen LogP) is 3.53. The molecular formula is C18H19F3N2O. The SMILES string of the molecule is CN(C)CCC(NC(=O)c1ccc(F)cc1F)c1ccc(F)cc1. The van der Waals surface area contributed by atoms with E-state index in [1.807, 2.05) is 19.0 Å². The Labute approximate surface area is 139 Å². The lowest BCUT2D eigenvalue weighted by molar-refractivity contribution is 0.0928. The van der Waals surface area contributed by atoms with E-state index in [1.54, 1.807) is 12.1 Å². The van der Waals surface area contributed by atoms with Crippen LogP contribution in [0.2, 0.25) is 0 Å². The van der Waals surface area contributed by atoms with E-state index < -0.39 is 23.6 Å². The molecule has 128 valence electrons. The van der Waals surface area contributed by atoms with Crippen molar-refractivity contribution >= 4 is 5.91 Å². The van der Waals surface area contributed by atoms with E-state index in [9.17, 15) is 18.0 Å².